The Kier molecular flexibility index (Phi) is 27.0. The Bertz CT molecular complexity index is 263. The number of nitrogens with one attached hydrogen (secondary N) is 1. The summed E-state index contributed by atoms with van der Waals surface area (Å²) in [7, 11) is 0. The van der Waals surface area contributed by atoms with Gasteiger partial charge in [-0.25, -0.2) is 0 Å². The minimum absolute atomic E-state index is 0.232. The maximum atomic E-state index is 10.1. The Morgan fingerprint density at radius 2 is 0.889 bits per heavy atom. The van der Waals surface area contributed by atoms with E-state index in [2.05, 4.69) is 27.7 Å². The van der Waals surface area contributed by atoms with Gasteiger partial charge in [0.25, 0.3) is 0 Å². The zero-order valence-corrected chi connectivity index (χ0v) is 19.3. The van der Waals surface area contributed by atoms with E-state index in [1.807, 2.05) is 4.90 Å². The topological polar surface area (TPSA) is 44.6 Å². The standard InChI is InChI=1S/C12H27N.C12H24O2/c1-4-7-10-13(11-8-5-2)12-9-6-3;1-2-3-4-5-6-7-8-9-10-11-12(13)14/h4-12H2,1-3H3;2-11H2,1H3,(H,13,14). The quantitative estimate of drug-likeness (QED) is 0.320. The zero-order chi connectivity index (χ0) is 20.6. The highest BCUT2D eigenvalue weighted by Crippen LogP contribution is 2.10. The molecule has 0 aromatic carbocycles. The molecular formula is C24H51NO2. The molecule has 3 nitrogen and oxygen atoms in total. The van der Waals surface area contributed by atoms with Gasteiger partial charge in [-0.1, -0.05) is 98.3 Å². The number of carboxylic acid groups (broad SMARTS) is 1. The highest BCUT2D eigenvalue weighted by Gasteiger charge is 2.05. The fraction of sp³-hybridized carbons (Fsp3) is 0.958. The molecule has 3 heteroatoms. The minimum Gasteiger partial charge on any atom is -0.550 e. The third-order valence-corrected chi connectivity index (χ3v) is 5.14. The monoisotopic (exact) mass is 385 g/mol. The Morgan fingerprint density at radius 1 is 0.556 bits per heavy atom. The third kappa shape index (κ3) is 27.7. The number of carbonyl (C=O) groups excluding carboxylic acids is 1. The molecule has 0 fully saturated rings. The maximum absolute atomic E-state index is 10.1. The number of carbonyl (C=O) groups is 1. The van der Waals surface area contributed by atoms with E-state index in [-0.39, 0.29) is 6.42 Å². The highest BCUT2D eigenvalue weighted by atomic mass is 16.4. The molecule has 0 radical (unpaired) electrons. The fourth-order valence-electron chi connectivity index (χ4n) is 3.24. The number of quaternary nitrogens is 1. The molecule has 0 rings (SSSR count). The van der Waals surface area contributed by atoms with Gasteiger partial charge in [0.15, 0.2) is 0 Å². The lowest BCUT2D eigenvalue weighted by Gasteiger charge is -2.18. The molecule has 0 bridgehead atoms. The molecule has 0 aliphatic carbocycles. The first-order valence-electron chi connectivity index (χ1n) is 12.2. The van der Waals surface area contributed by atoms with Gasteiger partial charge in [-0.05, 0) is 32.1 Å². The van der Waals surface area contributed by atoms with Gasteiger partial charge < -0.3 is 14.8 Å². The third-order valence-electron chi connectivity index (χ3n) is 5.14. The smallest absolute Gasteiger partial charge is 0.0770 e. The summed E-state index contributed by atoms with van der Waals surface area (Å²) >= 11 is 0. The number of carboxylic acids is 1. The van der Waals surface area contributed by atoms with Crippen LogP contribution in [0.1, 0.15) is 130 Å². The van der Waals surface area contributed by atoms with Crippen LogP contribution in [-0.4, -0.2) is 25.6 Å². The van der Waals surface area contributed by atoms with Crippen molar-refractivity contribution in [2.75, 3.05) is 19.6 Å². The normalized spacial score (nSPS) is 10.7. The van der Waals surface area contributed by atoms with E-state index in [0.717, 1.165) is 12.8 Å². The fourth-order valence-corrected chi connectivity index (χ4v) is 3.24. The van der Waals surface area contributed by atoms with E-state index in [1.54, 1.807) is 0 Å². The van der Waals surface area contributed by atoms with E-state index in [4.69, 9.17) is 0 Å². The molecule has 0 saturated carbocycles. The van der Waals surface area contributed by atoms with Gasteiger partial charge in [0.2, 0.25) is 0 Å². The number of rotatable bonds is 19. The molecule has 0 atom stereocenters. The SMILES string of the molecule is CCCCCCCCCCCC(=O)[O-].CCCC[NH+](CCCC)CCCC. The first kappa shape index (κ1) is 28.6. The summed E-state index contributed by atoms with van der Waals surface area (Å²) in [6, 6.07) is 0. The molecular weight excluding hydrogens is 334 g/mol. The summed E-state index contributed by atoms with van der Waals surface area (Å²) in [6.45, 7) is 13.3. The van der Waals surface area contributed by atoms with Crippen LogP contribution < -0.4 is 10.0 Å². The largest absolute Gasteiger partial charge is 0.550 e. The molecule has 0 spiro atoms. The minimum atomic E-state index is -0.909. The van der Waals surface area contributed by atoms with Crippen molar-refractivity contribution in [1.82, 2.24) is 0 Å². The highest BCUT2D eigenvalue weighted by molar-refractivity contribution is 5.63. The first-order valence-corrected chi connectivity index (χ1v) is 12.2. The Morgan fingerprint density at radius 3 is 1.22 bits per heavy atom. The lowest BCUT2D eigenvalue weighted by molar-refractivity contribution is -0.900. The summed E-state index contributed by atoms with van der Waals surface area (Å²) in [4.78, 5) is 11.9. The molecule has 0 aliphatic rings. The van der Waals surface area contributed by atoms with Crippen LogP contribution in [0.15, 0.2) is 0 Å². The van der Waals surface area contributed by atoms with Crippen molar-refractivity contribution in [3.8, 4) is 0 Å². The van der Waals surface area contributed by atoms with Crippen LogP contribution in [0.2, 0.25) is 0 Å². The van der Waals surface area contributed by atoms with Crippen molar-refractivity contribution in [3.05, 3.63) is 0 Å². The van der Waals surface area contributed by atoms with Crippen LogP contribution in [0.4, 0.5) is 0 Å². The Labute approximate surface area is 171 Å². The van der Waals surface area contributed by atoms with Gasteiger partial charge in [0.1, 0.15) is 0 Å². The average molecular weight is 386 g/mol. The number of unbranched alkanes of at least 4 members (excludes halogenated alkanes) is 11. The van der Waals surface area contributed by atoms with Gasteiger partial charge in [-0.3, -0.25) is 0 Å². The van der Waals surface area contributed by atoms with Crippen LogP contribution in [0, 0.1) is 0 Å². The van der Waals surface area contributed by atoms with Gasteiger partial charge in [0.05, 0.1) is 19.6 Å². The molecule has 0 aromatic rings. The van der Waals surface area contributed by atoms with Crippen molar-refractivity contribution in [2.45, 2.75) is 130 Å². The molecule has 27 heavy (non-hydrogen) atoms. The van der Waals surface area contributed by atoms with Crippen molar-refractivity contribution >= 4 is 5.97 Å². The summed E-state index contributed by atoms with van der Waals surface area (Å²) < 4.78 is 0. The van der Waals surface area contributed by atoms with Gasteiger partial charge >= 0.3 is 0 Å². The van der Waals surface area contributed by atoms with Crippen LogP contribution in [-0.2, 0) is 4.79 Å². The van der Waals surface area contributed by atoms with Gasteiger partial charge in [-0.2, -0.15) is 0 Å². The van der Waals surface area contributed by atoms with E-state index < -0.39 is 5.97 Å². The Hall–Kier alpha value is -0.570. The molecule has 0 heterocycles. The summed E-state index contributed by atoms with van der Waals surface area (Å²) in [5.74, 6) is -0.909. The molecule has 0 saturated heterocycles. The van der Waals surface area contributed by atoms with E-state index in [9.17, 15) is 9.90 Å². The molecule has 1 N–H and O–H groups in total. The first-order chi connectivity index (χ1) is 13.1. The number of hydrogen-bond acceptors (Lipinski definition) is 2. The average Bonchev–Trinajstić information content (AvgIpc) is 2.66. The predicted molar refractivity (Wildman–Crippen MR) is 117 cm³/mol. The van der Waals surface area contributed by atoms with E-state index in [1.165, 1.54) is 103 Å². The second kappa shape index (κ2) is 25.4. The lowest BCUT2D eigenvalue weighted by atomic mass is 10.1. The van der Waals surface area contributed by atoms with Crippen molar-refractivity contribution in [1.29, 1.82) is 0 Å². The summed E-state index contributed by atoms with van der Waals surface area (Å²) in [5.41, 5.74) is 0. The second-order valence-electron chi connectivity index (χ2n) is 8.01. The zero-order valence-electron chi connectivity index (χ0n) is 19.3. The summed E-state index contributed by atoms with van der Waals surface area (Å²) in [5, 5.41) is 10.1. The van der Waals surface area contributed by atoms with E-state index >= 15 is 0 Å². The van der Waals surface area contributed by atoms with Crippen LogP contribution in [0.5, 0.6) is 0 Å². The molecule has 0 aromatic heterocycles. The van der Waals surface area contributed by atoms with Crippen LogP contribution in [0.3, 0.4) is 0 Å². The number of aliphatic carboxylic acids is 1. The van der Waals surface area contributed by atoms with Crippen molar-refractivity contribution in [3.63, 3.8) is 0 Å². The molecule has 0 amide bonds. The van der Waals surface area contributed by atoms with Gasteiger partial charge in [0, 0.05) is 5.97 Å². The van der Waals surface area contributed by atoms with Crippen LogP contribution >= 0.6 is 0 Å². The number of hydrogen-bond donors (Lipinski definition) is 1. The van der Waals surface area contributed by atoms with Crippen molar-refractivity contribution in [2.24, 2.45) is 0 Å². The Balaban J connectivity index is 0. The van der Waals surface area contributed by atoms with E-state index in [0.29, 0.717) is 0 Å². The lowest BCUT2D eigenvalue weighted by Crippen LogP contribution is -3.12. The molecule has 164 valence electrons. The van der Waals surface area contributed by atoms with Gasteiger partial charge in [-0.15, -0.1) is 0 Å². The predicted octanol–water partition coefficient (Wildman–Crippen LogP) is 4.93. The molecule has 0 aliphatic heterocycles. The van der Waals surface area contributed by atoms with Crippen molar-refractivity contribution < 1.29 is 14.8 Å². The molecule has 0 unspecified atom stereocenters. The summed E-state index contributed by atoms with van der Waals surface area (Å²) in [6.07, 6.45) is 19.4. The second-order valence-corrected chi connectivity index (χ2v) is 8.01. The van der Waals surface area contributed by atoms with Crippen LogP contribution in [0.25, 0.3) is 0 Å². The maximum Gasteiger partial charge on any atom is 0.0770 e.